The molecule has 0 N–H and O–H groups in total. The van der Waals surface area contributed by atoms with Gasteiger partial charge in [-0.1, -0.05) is 109 Å². The van der Waals surface area contributed by atoms with Crippen LogP contribution in [0.3, 0.4) is 0 Å². The Morgan fingerprint density at radius 3 is 1.70 bits per heavy atom. The van der Waals surface area contributed by atoms with Crippen LogP contribution in [0.25, 0.3) is 123 Å². The van der Waals surface area contributed by atoms with E-state index in [-0.39, 0.29) is 0 Å². The first kappa shape index (κ1) is 31.4. The fourth-order valence-electron chi connectivity index (χ4n) is 7.83. The molecule has 0 aliphatic carbocycles. The summed E-state index contributed by atoms with van der Waals surface area (Å²) >= 11 is 0. The van der Waals surface area contributed by atoms with Crippen LogP contribution in [0.4, 0.5) is 0 Å². The lowest BCUT2D eigenvalue weighted by atomic mass is 10.1. The van der Waals surface area contributed by atoms with E-state index in [0.29, 0.717) is 40.0 Å². The highest BCUT2D eigenvalue weighted by Crippen LogP contribution is 2.40. The van der Waals surface area contributed by atoms with Crippen LogP contribution >= 0.6 is 0 Å². The summed E-state index contributed by atoms with van der Waals surface area (Å²) in [5.41, 5.74) is 10.2. The minimum atomic E-state index is 0.508. The number of hydrogen-bond donors (Lipinski definition) is 0. The van der Waals surface area contributed by atoms with Crippen LogP contribution in [0, 0.1) is 0 Å². The van der Waals surface area contributed by atoms with Crippen molar-refractivity contribution in [3.05, 3.63) is 164 Å². The third kappa shape index (κ3) is 5.04. The first-order valence-electron chi connectivity index (χ1n) is 18.7. The third-order valence-corrected chi connectivity index (χ3v) is 10.6. The smallest absolute Gasteiger partial charge is 0.180 e. The summed E-state index contributed by atoms with van der Waals surface area (Å²) in [6.45, 7) is 0. The predicted octanol–water partition coefficient (Wildman–Crippen LogP) is 12.7. The van der Waals surface area contributed by atoms with Gasteiger partial charge in [0.1, 0.15) is 39.1 Å². The monoisotopic (exact) mass is 733 g/mol. The molecule has 8 nitrogen and oxygen atoms in total. The minimum Gasteiger partial charge on any atom is -0.456 e. The van der Waals surface area contributed by atoms with Gasteiger partial charge in [0.15, 0.2) is 28.9 Å². The molecular formula is C49H27N5O3. The maximum atomic E-state index is 6.76. The highest BCUT2D eigenvalue weighted by molar-refractivity contribution is 6.11. The molecule has 0 atom stereocenters. The molecule has 0 radical (unpaired) electrons. The van der Waals surface area contributed by atoms with Gasteiger partial charge in [-0.3, -0.25) is 0 Å². The number of para-hydroxylation sites is 3. The molecule has 0 fully saturated rings. The Kier molecular flexibility index (Phi) is 6.76. The van der Waals surface area contributed by atoms with Crippen LogP contribution in [0.2, 0.25) is 0 Å². The van der Waals surface area contributed by atoms with Gasteiger partial charge in [-0.15, -0.1) is 0 Å². The third-order valence-electron chi connectivity index (χ3n) is 10.6. The molecular weight excluding hydrogens is 707 g/mol. The normalized spacial score (nSPS) is 11.9. The van der Waals surface area contributed by atoms with Gasteiger partial charge in [-0.25, -0.2) is 24.9 Å². The fourth-order valence-corrected chi connectivity index (χ4v) is 7.83. The molecule has 0 amide bonds. The van der Waals surface area contributed by atoms with E-state index in [0.717, 1.165) is 82.7 Å². The van der Waals surface area contributed by atoms with E-state index in [9.17, 15) is 0 Å². The maximum Gasteiger partial charge on any atom is 0.180 e. The molecule has 57 heavy (non-hydrogen) atoms. The maximum absolute atomic E-state index is 6.76. The largest absolute Gasteiger partial charge is 0.456 e. The van der Waals surface area contributed by atoms with Gasteiger partial charge in [-0.2, -0.15) is 0 Å². The second kappa shape index (κ2) is 12.3. The van der Waals surface area contributed by atoms with Crippen LogP contribution in [0.15, 0.2) is 177 Å². The van der Waals surface area contributed by atoms with Gasteiger partial charge in [0.25, 0.3) is 0 Å². The Balaban J connectivity index is 1.03. The number of furan rings is 3. The molecule has 7 aromatic carbocycles. The molecule has 0 unspecified atom stereocenters. The van der Waals surface area contributed by atoms with Crippen molar-refractivity contribution in [3.63, 3.8) is 0 Å². The lowest BCUT2D eigenvalue weighted by Gasteiger charge is -2.09. The molecule has 12 aromatic rings. The van der Waals surface area contributed by atoms with Crippen LogP contribution in [0.5, 0.6) is 0 Å². The Labute approximate surface area is 323 Å². The molecule has 12 rings (SSSR count). The molecule has 8 heteroatoms. The molecule has 0 aliphatic rings. The van der Waals surface area contributed by atoms with Gasteiger partial charge in [-0.05, 0) is 54.6 Å². The lowest BCUT2D eigenvalue weighted by Crippen LogP contribution is -2.00. The first-order chi connectivity index (χ1) is 28.2. The Morgan fingerprint density at radius 2 is 0.877 bits per heavy atom. The van der Waals surface area contributed by atoms with Gasteiger partial charge in [0, 0.05) is 49.2 Å². The highest BCUT2D eigenvalue weighted by atomic mass is 16.3. The van der Waals surface area contributed by atoms with Gasteiger partial charge >= 0.3 is 0 Å². The van der Waals surface area contributed by atoms with E-state index in [4.69, 9.17) is 38.2 Å². The number of hydrogen-bond acceptors (Lipinski definition) is 8. The summed E-state index contributed by atoms with van der Waals surface area (Å²) in [6, 6.07) is 54.3. The van der Waals surface area contributed by atoms with E-state index >= 15 is 0 Å². The zero-order valence-electron chi connectivity index (χ0n) is 30.0. The van der Waals surface area contributed by atoms with Crippen molar-refractivity contribution in [1.82, 2.24) is 24.9 Å². The van der Waals surface area contributed by atoms with Crippen LogP contribution in [-0.2, 0) is 0 Å². The minimum absolute atomic E-state index is 0.508. The van der Waals surface area contributed by atoms with E-state index in [1.54, 1.807) is 0 Å². The molecule has 266 valence electrons. The number of benzene rings is 7. The first-order valence-corrected chi connectivity index (χ1v) is 18.7. The number of fused-ring (bicyclic) bond motifs is 9. The number of rotatable bonds is 5. The lowest BCUT2D eigenvalue weighted by molar-refractivity contribution is 0.667. The van der Waals surface area contributed by atoms with Crippen LogP contribution in [0.1, 0.15) is 0 Å². The van der Waals surface area contributed by atoms with Gasteiger partial charge in [0.05, 0.1) is 5.56 Å². The number of nitrogens with zero attached hydrogens (tertiary/aromatic N) is 5. The SMILES string of the molecule is c1ccc(-c2nc(-c3ccc4oc5ccccc5c4c3)nc(-c3cccc4c3oc3cc(-c5nc(-c6ccccc6)c6oc7ccccc7c6n5)ccc34)n2)cc1. The summed E-state index contributed by atoms with van der Waals surface area (Å²) in [6.07, 6.45) is 0. The molecule has 5 aromatic heterocycles. The van der Waals surface area contributed by atoms with Crippen molar-refractivity contribution < 1.29 is 13.3 Å². The van der Waals surface area contributed by atoms with Crippen molar-refractivity contribution in [1.29, 1.82) is 0 Å². The fraction of sp³-hybridized carbons (Fsp3) is 0. The summed E-state index contributed by atoms with van der Waals surface area (Å²) in [5, 5.41) is 4.89. The van der Waals surface area contributed by atoms with E-state index in [2.05, 4.69) is 24.3 Å². The Bertz CT molecular complexity index is 3530. The molecule has 0 saturated carbocycles. The summed E-state index contributed by atoms with van der Waals surface area (Å²) < 4.78 is 19.2. The van der Waals surface area contributed by atoms with Crippen LogP contribution < -0.4 is 0 Å². The predicted molar refractivity (Wildman–Crippen MR) is 224 cm³/mol. The zero-order chi connectivity index (χ0) is 37.5. The van der Waals surface area contributed by atoms with Crippen molar-refractivity contribution in [2.45, 2.75) is 0 Å². The second-order valence-electron chi connectivity index (χ2n) is 14.0. The quantitative estimate of drug-likeness (QED) is 0.172. The molecule has 0 aliphatic heterocycles. The second-order valence-corrected chi connectivity index (χ2v) is 14.0. The topological polar surface area (TPSA) is 104 Å². The van der Waals surface area contributed by atoms with Crippen molar-refractivity contribution in [2.24, 2.45) is 0 Å². The molecule has 5 heterocycles. The summed E-state index contributed by atoms with van der Waals surface area (Å²) in [5.74, 6) is 2.20. The van der Waals surface area contributed by atoms with E-state index < -0.39 is 0 Å². The van der Waals surface area contributed by atoms with Crippen molar-refractivity contribution in [2.75, 3.05) is 0 Å². The van der Waals surface area contributed by atoms with E-state index in [1.165, 1.54) is 0 Å². The van der Waals surface area contributed by atoms with Gasteiger partial charge < -0.3 is 13.3 Å². The standard InChI is InChI=1S/C49H27N5O3/c1-3-12-28(13-4-1)42-45-43(35-17-8-10-21-39(35)56-45)51-47(50-42)31-22-24-33-34-18-11-19-36(44(34)57-41(33)27-31)49-53-46(29-14-5-2-6-15-29)52-48(54-49)30-23-25-40-37(26-30)32-16-7-9-20-38(32)55-40/h1-27H. The molecule has 0 spiro atoms. The summed E-state index contributed by atoms with van der Waals surface area (Å²) in [7, 11) is 0. The van der Waals surface area contributed by atoms with Crippen LogP contribution in [-0.4, -0.2) is 24.9 Å². The average molecular weight is 734 g/mol. The molecule has 0 saturated heterocycles. The molecule has 0 bridgehead atoms. The van der Waals surface area contributed by atoms with Gasteiger partial charge in [0.2, 0.25) is 0 Å². The summed E-state index contributed by atoms with van der Waals surface area (Å²) in [4.78, 5) is 25.3. The highest BCUT2D eigenvalue weighted by Gasteiger charge is 2.21. The number of aromatic nitrogens is 5. The van der Waals surface area contributed by atoms with Crippen molar-refractivity contribution >= 4 is 65.9 Å². The van der Waals surface area contributed by atoms with E-state index in [1.807, 2.05) is 140 Å². The Morgan fingerprint density at radius 1 is 0.298 bits per heavy atom. The Hall–Kier alpha value is -7.97. The van der Waals surface area contributed by atoms with Crippen molar-refractivity contribution in [3.8, 4) is 56.8 Å². The average Bonchev–Trinajstić information content (AvgIpc) is 3.97. The zero-order valence-corrected chi connectivity index (χ0v) is 30.0.